The molecule has 1 heterocycles. The number of aliphatic carboxylic acids is 1. The number of Topliss-reactive ketones (excluding diaryl/α,β-unsaturated/α-hetero) is 1. The second kappa shape index (κ2) is 2.87. The molecule has 0 radical (unpaired) electrons. The molecule has 0 atom stereocenters. The van der Waals surface area contributed by atoms with E-state index in [0.717, 1.165) is 6.33 Å². The van der Waals surface area contributed by atoms with Crippen LogP contribution in [-0.2, 0) is 4.79 Å². The Morgan fingerprint density at radius 3 is 2.64 bits per heavy atom. The number of aromatic nitrogens is 2. The van der Waals surface area contributed by atoms with Crippen LogP contribution in [-0.4, -0.2) is 26.8 Å². The molecule has 0 aliphatic rings. The fraction of sp³-hybridized carbons (Fsp3) is 0. The van der Waals surface area contributed by atoms with Crippen molar-refractivity contribution in [2.75, 3.05) is 0 Å². The van der Waals surface area contributed by atoms with Crippen molar-refractivity contribution in [3.05, 3.63) is 24.3 Å². The number of rotatable bonds is 2. The molecular formula is C6H4N2O3. The standard InChI is InChI=1S/C6H4N2O3/c9-5(6(10)11)4-1-2-7-3-8-4/h1-3H,(H,10,11). The van der Waals surface area contributed by atoms with Gasteiger partial charge in [-0.25, -0.2) is 14.8 Å². The summed E-state index contributed by atoms with van der Waals surface area (Å²) in [6.07, 6.45) is 2.43. The third-order valence-electron chi connectivity index (χ3n) is 1.01. The van der Waals surface area contributed by atoms with Gasteiger partial charge in [-0.2, -0.15) is 0 Å². The minimum absolute atomic E-state index is 0.104. The summed E-state index contributed by atoms with van der Waals surface area (Å²) in [6, 6.07) is 1.25. The molecule has 0 fully saturated rings. The van der Waals surface area contributed by atoms with Crippen LogP contribution in [0, 0.1) is 0 Å². The van der Waals surface area contributed by atoms with Gasteiger partial charge in [-0.3, -0.25) is 4.79 Å². The van der Waals surface area contributed by atoms with E-state index in [4.69, 9.17) is 5.11 Å². The van der Waals surface area contributed by atoms with Gasteiger partial charge in [0, 0.05) is 6.20 Å². The molecule has 0 spiro atoms. The van der Waals surface area contributed by atoms with Gasteiger partial charge >= 0.3 is 5.97 Å². The fourth-order valence-corrected chi connectivity index (χ4v) is 0.535. The number of carboxylic acids is 1. The van der Waals surface area contributed by atoms with Gasteiger partial charge in [-0.05, 0) is 6.07 Å². The number of hydrogen-bond donors (Lipinski definition) is 1. The molecule has 5 nitrogen and oxygen atoms in total. The van der Waals surface area contributed by atoms with E-state index < -0.39 is 11.8 Å². The minimum atomic E-state index is -1.51. The van der Waals surface area contributed by atoms with Crippen LogP contribution < -0.4 is 0 Å². The molecule has 0 saturated carbocycles. The number of nitrogens with zero attached hydrogens (tertiary/aromatic N) is 2. The zero-order chi connectivity index (χ0) is 8.27. The first-order valence-electron chi connectivity index (χ1n) is 2.75. The molecule has 1 N–H and O–H groups in total. The molecular weight excluding hydrogens is 148 g/mol. The van der Waals surface area contributed by atoms with Crippen molar-refractivity contribution in [2.24, 2.45) is 0 Å². The Balaban J connectivity index is 2.95. The third kappa shape index (κ3) is 1.57. The van der Waals surface area contributed by atoms with Crippen molar-refractivity contribution < 1.29 is 14.7 Å². The number of carbonyl (C=O) groups is 2. The van der Waals surface area contributed by atoms with Gasteiger partial charge < -0.3 is 5.11 Å². The van der Waals surface area contributed by atoms with Crippen LogP contribution >= 0.6 is 0 Å². The first kappa shape index (κ1) is 7.33. The Morgan fingerprint density at radius 2 is 2.18 bits per heavy atom. The lowest BCUT2D eigenvalue weighted by molar-refractivity contribution is -0.131. The van der Waals surface area contributed by atoms with Crippen LogP contribution in [0.15, 0.2) is 18.6 Å². The van der Waals surface area contributed by atoms with E-state index in [-0.39, 0.29) is 5.69 Å². The molecule has 0 bridgehead atoms. The van der Waals surface area contributed by atoms with E-state index in [1.54, 1.807) is 0 Å². The first-order chi connectivity index (χ1) is 5.22. The van der Waals surface area contributed by atoms with E-state index in [1.165, 1.54) is 12.3 Å². The number of ketones is 1. The highest BCUT2D eigenvalue weighted by Crippen LogP contribution is 1.92. The molecule has 1 rings (SSSR count). The summed E-state index contributed by atoms with van der Waals surface area (Å²) in [5, 5.41) is 8.23. The van der Waals surface area contributed by atoms with Crippen LogP contribution in [0.5, 0.6) is 0 Å². The highest BCUT2D eigenvalue weighted by Gasteiger charge is 2.14. The second-order valence-electron chi connectivity index (χ2n) is 1.73. The van der Waals surface area contributed by atoms with Gasteiger partial charge in [-0.15, -0.1) is 0 Å². The van der Waals surface area contributed by atoms with Crippen molar-refractivity contribution in [3.8, 4) is 0 Å². The monoisotopic (exact) mass is 152 g/mol. The van der Waals surface area contributed by atoms with E-state index in [0.29, 0.717) is 0 Å². The Kier molecular flexibility index (Phi) is 1.91. The zero-order valence-electron chi connectivity index (χ0n) is 5.39. The van der Waals surface area contributed by atoms with Crippen LogP contribution in [0.3, 0.4) is 0 Å². The van der Waals surface area contributed by atoms with Crippen LogP contribution in [0.4, 0.5) is 0 Å². The molecule has 0 saturated heterocycles. The third-order valence-corrected chi connectivity index (χ3v) is 1.01. The predicted molar refractivity (Wildman–Crippen MR) is 34.0 cm³/mol. The summed E-state index contributed by atoms with van der Waals surface area (Å²) < 4.78 is 0. The average Bonchev–Trinajstić information content (AvgIpc) is 2.05. The van der Waals surface area contributed by atoms with Crippen molar-refractivity contribution in [1.29, 1.82) is 0 Å². The first-order valence-corrected chi connectivity index (χ1v) is 2.75. The summed E-state index contributed by atoms with van der Waals surface area (Å²) >= 11 is 0. The summed E-state index contributed by atoms with van der Waals surface area (Å²) in [6.45, 7) is 0. The van der Waals surface area contributed by atoms with Crippen LogP contribution in [0.2, 0.25) is 0 Å². The van der Waals surface area contributed by atoms with Gasteiger partial charge in [-0.1, -0.05) is 0 Å². The Labute approximate surface area is 61.7 Å². The van der Waals surface area contributed by atoms with Crippen LogP contribution in [0.1, 0.15) is 10.5 Å². The smallest absolute Gasteiger partial charge is 0.378 e. The van der Waals surface area contributed by atoms with E-state index in [1.807, 2.05) is 0 Å². The molecule has 0 amide bonds. The lowest BCUT2D eigenvalue weighted by Crippen LogP contribution is -2.14. The Bertz CT molecular complexity index is 283. The lowest BCUT2D eigenvalue weighted by Gasteiger charge is -1.90. The zero-order valence-corrected chi connectivity index (χ0v) is 5.39. The van der Waals surface area contributed by atoms with E-state index >= 15 is 0 Å². The molecule has 0 unspecified atom stereocenters. The van der Waals surface area contributed by atoms with E-state index in [9.17, 15) is 9.59 Å². The van der Waals surface area contributed by atoms with Crippen LogP contribution in [0.25, 0.3) is 0 Å². The second-order valence-corrected chi connectivity index (χ2v) is 1.73. The molecule has 56 valence electrons. The van der Waals surface area contributed by atoms with Gasteiger partial charge in [0.15, 0.2) is 0 Å². The fourth-order valence-electron chi connectivity index (χ4n) is 0.535. The summed E-state index contributed by atoms with van der Waals surface area (Å²) in [4.78, 5) is 27.7. The average molecular weight is 152 g/mol. The lowest BCUT2D eigenvalue weighted by atomic mass is 10.3. The molecule has 1 aromatic heterocycles. The number of carboxylic acid groups (broad SMARTS) is 1. The van der Waals surface area contributed by atoms with Crippen molar-refractivity contribution >= 4 is 11.8 Å². The topological polar surface area (TPSA) is 80.1 Å². The summed E-state index contributed by atoms with van der Waals surface area (Å²) in [5.74, 6) is -2.53. The maximum absolute atomic E-state index is 10.7. The molecule has 0 aromatic carbocycles. The normalized spacial score (nSPS) is 9.09. The highest BCUT2D eigenvalue weighted by molar-refractivity contribution is 6.39. The summed E-state index contributed by atoms with van der Waals surface area (Å²) in [5.41, 5.74) is -0.104. The molecule has 5 heteroatoms. The van der Waals surface area contributed by atoms with Crippen molar-refractivity contribution in [3.63, 3.8) is 0 Å². The maximum atomic E-state index is 10.7. The van der Waals surface area contributed by atoms with Gasteiger partial charge in [0.1, 0.15) is 12.0 Å². The van der Waals surface area contributed by atoms with Crippen molar-refractivity contribution in [1.82, 2.24) is 9.97 Å². The highest BCUT2D eigenvalue weighted by atomic mass is 16.4. The van der Waals surface area contributed by atoms with Gasteiger partial charge in [0.2, 0.25) is 0 Å². The quantitative estimate of drug-likeness (QED) is 0.466. The molecule has 1 aromatic rings. The number of carbonyl (C=O) groups excluding carboxylic acids is 1. The van der Waals surface area contributed by atoms with E-state index in [2.05, 4.69) is 9.97 Å². The summed E-state index contributed by atoms with van der Waals surface area (Å²) in [7, 11) is 0. The Hall–Kier alpha value is -1.78. The largest absolute Gasteiger partial charge is 0.475 e. The van der Waals surface area contributed by atoms with Gasteiger partial charge in [0.05, 0.1) is 0 Å². The van der Waals surface area contributed by atoms with Gasteiger partial charge in [0.25, 0.3) is 5.78 Å². The SMILES string of the molecule is O=C(O)C(=O)c1ccncn1. The minimum Gasteiger partial charge on any atom is -0.475 e. The maximum Gasteiger partial charge on any atom is 0.378 e. The number of hydrogen-bond acceptors (Lipinski definition) is 4. The molecule has 11 heavy (non-hydrogen) atoms. The van der Waals surface area contributed by atoms with Crippen molar-refractivity contribution in [2.45, 2.75) is 0 Å². The predicted octanol–water partition coefficient (Wildman–Crippen LogP) is -0.256. The molecule has 0 aliphatic carbocycles. The molecule has 0 aliphatic heterocycles. The Morgan fingerprint density at radius 1 is 1.45 bits per heavy atom.